The average Bonchev–Trinajstić information content (AvgIpc) is 3.10. The molecule has 0 aromatic heterocycles. The summed E-state index contributed by atoms with van der Waals surface area (Å²) in [7, 11) is -3.12. The molecule has 5 nitrogen and oxygen atoms in total. The molecule has 2 aromatic carbocycles. The number of benzene rings is 2. The van der Waals surface area contributed by atoms with Crippen molar-refractivity contribution >= 4 is 38.5 Å². The highest BCUT2D eigenvalue weighted by Gasteiger charge is 2.52. The molecule has 0 aliphatic carbocycles. The summed E-state index contributed by atoms with van der Waals surface area (Å²) in [5.41, 5.74) is 4.14. The Labute approximate surface area is 184 Å². The molecule has 2 unspecified atom stereocenters. The van der Waals surface area contributed by atoms with Gasteiger partial charge >= 0.3 is 0 Å². The first kappa shape index (κ1) is 21.1. The lowest BCUT2D eigenvalue weighted by atomic mass is 10.1. The Hall–Kier alpha value is -2.12. The zero-order valence-electron chi connectivity index (χ0n) is 17.7. The topological polar surface area (TPSA) is 49.9 Å². The van der Waals surface area contributed by atoms with Gasteiger partial charge in [-0.15, -0.1) is 0 Å². The third-order valence-electron chi connectivity index (χ3n) is 5.74. The van der Waals surface area contributed by atoms with E-state index in [0.29, 0.717) is 11.7 Å². The van der Waals surface area contributed by atoms with Gasteiger partial charge in [-0.2, -0.15) is 0 Å². The van der Waals surface area contributed by atoms with Crippen LogP contribution < -0.4 is 14.5 Å². The van der Waals surface area contributed by atoms with Crippen molar-refractivity contribution in [1.29, 1.82) is 0 Å². The minimum absolute atomic E-state index is 0.119. The van der Waals surface area contributed by atoms with Crippen molar-refractivity contribution in [2.45, 2.75) is 45.7 Å². The largest absolute Gasteiger partial charge is 0.494 e. The zero-order valence-corrected chi connectivity index (χ0v) is 19.3. The van der Waals surface area contributed by atoms with Crippen LogP contribution in [0.5, 0.6) is 5.75 Å². The molecular formula is C23H28N2O3S2. The number of fused-ring (bicyclic) bond motifs is 1. The molecule has 0 bridgehead atoms. The monoisotopic (exact) mass is 444 g/mol. The predicted octanol–water partition coefficient (Wildman–Crippen LogP) is 4.26. The Balaban J connectivity index is 1.67. The SMILES string of the molecule is CCCCOc1ccc(N2C(=S)N(c3cc(C)cc(C)c3)C3CS(=O)(=O)CC32)cc1. The van der Waals surface area contributed by atoms with Crippen LogP contribution in [0.3, 0.4) is 0 Å². The fourth-order valence-electron chi connectivity index (χ4n) is 4.43. The molecule has 0 saturated carbocycles. The van der Waals surface area contributed by atoms with Gasteiger partial charge in [-0.1, -0.05) is 19.4 Å². The number of aryl methyl sites for hydroxylation is 2. The summed E-state index contributed by atoms with van der Waals surface area (Å²) in [4.78, 5) is 4.05. The number of thiocarbonyl (C=S) groups is 1. The maximum Gasteiger partial charge on any atom is 0.181 e. The molecule has 2 heterocycles. The highest BCUT2D eigenvalue weighted by Crippen LogP contribution is 2.39. The number of nitrogens with zero attached hydrogens (tertiary/aromatic N) is 2. The van der Waals surface area contributed by atoms with E-state index >= 15 is 0 Å². The number of ether oxygens (including phenoxy) is 1. The number of unbranched alkanes of at least 4 members (excludes halogenated alkanes) is 1. The Kier molecular flexibility index (Phi) is 5.77. The zero-order chi connectivity index (χ0) is 21.5. The molecular weight excluding hydrogens is 416 g/mol. The van der Waals surface area contributed by atoms with Crippen LogP contribution in [0.15, 0.2) is 42.5 Å². The highest BCUT2D eigenvalue weighted by atomic mass is 32.2. The molecule has 7 heteroatoms. The third kappa shape index (κ3) is 4.05. The van der Waals surface area contributed by atoms with Crippen molar-refractivity contribution in [3.8, 4) is 5.75 Å². The van der Waals surface area contributed by atoms with Gasteiger partial charge in [0.15, 0.2) is 14.9 Å². The Morgan fingerprint density at radius 3 is 2.10 bits per heavy atom. The maximum absolute atomic E-state index is 12.5. The highest BCUT2D eigenvalue weighted by molar-refractivity contribution is 7.91. The van der Waals surface area contributed by atoms with E-state index in [1.165, 1.54) is 0 Å². The fraction of sp³-hybridized carbons (Fsp3) is 0.435. The minimum Gasteiger partial charge on any atom is -0.494 e. The average molecular weight is 445 g/mol. The molecule has 2 aliphatic rings. The van der Waals surface area contributed by atoms with Crippen molar-refractivity contribution in [2.24, 2.45) is 0 Å². The number of hydrogen-bond donors (Lipinski definition) is 0. The summed E-state index contributed by atoms with van der Waals surface area (Å²) in [5, 5.41) is 0.657. The van der Waals surface area contributed by atoms with E-state index in [1.807, 2.05) is 47.9 Å². The molecule has 2 fully saturated rings. The van der Waals surface area contributed by atoms with Crippen molar-refractivity contribution in [2.75, 3.05) is 27.9 Å². The van der Waals surface area contributed by atoms with Gasteiger partial charge in [0.05, 0.1) is 30.2 Å². The van der Waals surface area contributed by atoms with Crippen LogP contribution in [-0.4, -0.2) is 43.7 Å². The lowest BCUT2D eigenvalue weighted by Gasteiger charge is -2.26. The summed E-state index contributed by atoms with van der Waals surface area (Å²) in [5.74, 6) is 1.06. The first-order chi connectivity index (χ1) is 14.3. The second kappa shape index (κ2) is 8.19. The van der Waals surface area contributed by atoms with E-state index in [4.69, 9.17) is 17.0 Å². The van der Waals surface area contributed by atoms with Gasteiger partial charge < -0.3 is 14.5 Å². The second-order valence-corrected chi connectivity index (χ2v) is 10.8. The summed E-state index contributed by atoms with van der Waals surface area (Å²) in [6.45, 7) is 6.93. The van der Waals surface area contributed by atoms with Crippen LogP contribution in [0, 0.1) is 13.8 Å². The molecule has 0 N–H and O–H groups in total. The number of anilines is 2. The fourth-order valence-corrected chi connectivity index (χ4v) is 6.84. The van der Waals surface area contributed by atoms with Gasteiger partial charge in [0, 0.05) is 11.4 Å². The van der Waals surface area contributed by atoms with E-state index in [-0.39, 0.29) is 23.6 Å². The standard InChI is InChI=1S/C23H28N2O3S2/c1-4-5-10-28-20-8-6-18(7-9-20)24-21-14-30(26,27)15-22(21)25(23(24)29)19-12-16(2)11-17(3)13-19/h6-9,11-13,21-22H,4-5,10,14-15H2,1-3H3. The molecule has 160 valence electrons. The molecule has 0 radical (unpaired) electrons. The first-order valence-corrected chi connectivity index (χ1v) is 12.7. The number of rotatable bonds is 6. The molecule has 2 atom stereocenters. The molecule has 0 spiro atoms. The van der Waals surface area contributed by atoms with Crippen LogP contribution in [0.4, 0.5) is 11.4 Å². The van der Waals surface area contributed by atoms with Crippen molar-refractivity contribution in [1.82, 2.24) is 0 Å². The summed E-state index contributed by atoms with van der Waals surface area (Å²) < 4.78 is 30.8. The van der Waals surface area contributed by atoms with Gasteiger partial charge in [-0.05, 0) is 80.0 Å². The van der Waals surface area contributed by atoms with Crippen molar-refractivity contribution in [3.05, 3.63) is 53.6 Å². The maximum atomic E-state index is 12.5. The lowest BCUT2D eigenvalue weighted by Crippen LogP contribution is -2.37. The van der Waals surface area contributed by atoms with E-state index < -0.39 is 9.84 Å². The van der Waals surface area contributed by atoms with Gasteiger partial charge in [-0.25, -0.2) is 8.42 Å². The first-order valence-electron chi connectivity index (χ1n) is 10.4. The number of hydrogen-bond acceptors (Lipinski definition) is 4. The van der Waals surface area contributed by atoms with E-state index in [1.54, 1.807) is 0 Å². The minimum atomic E-state index is -3.12. The molecule has 2 saturated heterocycles. The van der Waals surface area contributed by atoms with Crippen LogP contribution in [0.2, 0.25) is 0 Å². The van der Waals surface area contributed by atoms with Gasteiger partial charge in [0.25, 0.3) is 0 Å². The van der Waals surface area contributed by atoms with Crippen molar-refractivity contribution < 1.29 is 13.2 Å². The van der Waals surface area contributed by atoms with E-state index in [9.17, 15) is 8.42 Å². The Morgan fingerprint density at radius 1 is 0.967 bits per heavy atom. The van der Waals surface area contributed by atoms with Crippen LogP contribution in [0.25, 0.3) is 0 Å². The predicted molar refractivity (Wildman–Crippen MR) is 127 cm³/mol. The third-order valence-corrected chi connectivity index (χ3v) is 7.83. The van der Waals surface area contributed by atoms with Crippen LogP contribution >= 0.6 is 12.2 Å². The smallest absolute Gasteiger partial charge is 0.181 e. The second-order valence-electron chi connectivity index (χ2n) is 8.28. The quantitative estimate of drug-likeness (QED) is 0.490. The van der Waals surface area contributed by atoms with Crippen LogP contribution in [0.1, 0.15) is 30.9 Å². The normalized spacial score (nSPS) is 22.4. The number of sulfone groups is 1. The molecule has 2 aromatic rings. The van der Waals surface area contributed by atoms with E-state index in [2.05, 4.69) is 25.1 Å². The molecule has 2 aliphatic heterocycles. The van der Waals surface area contributed by atoms with Gasteiger partial charge in [0.1, 0.15) is 5.75 Å². The van der Waals surface area contributed by atoms with Crippen LogP contribution in [-0.2, 0) is 9.84 Å². The molecule has 0 amide bonds. The van der Waals surface area contributed by atoms with E-state index in [0.717, 1.165) is 41.1 Å². The summed E-state index contributed by atoms with van der Waals surface area (Å²) in [6, 6.07) is 13.7. The van der Waals surface area contributed by atoms with Gasteiger partial charge in [0.2, 0.25) is 0 Å². The summed E-state index contributed by atoms with van der Waals surface area (Å²) >= 11 is 5.89. The lowest BCUT2D eigenvalue weighted by molar-refractivity contribution is 0.309. The Morgan fingerprint density at radius 2 is 1.53 bits per heavy atom. The summed E-state index contributed by atoms with van der Waals surface area (Å²) in [6.07, 6.45) is 2.11. The molecule has 30 heavy (non-hydrogen) atoms. The van der Waals surface area contributed by atoms with Gasteiger partial charge in [-0.3, -0.25) is 0 Å². The Bertz CT molecular complexity index is 1030. The molecule has 4 rings (SSSR count). The van der Waals surface area contributed by atoms with Crippen molar-refractivity contribution in [3.63, 3.8) is 0 Å².